The van der Waals surface area contributed by atoms with E-state index in [-0.39, 0.29) is 23.1 Å². The van der Waals surface area contributed by atoms with Crippen LogP contribution in [0.2, 0.25) is 0 Å². The maximum atomic E-state index is 13.2. The lowest BCUT2D eigenvalue weighted by atomic mass is 9.93. The molecule has 0 unspecified atom stereocenters. The summed E-state index contributed by atoms with van der Waals surface area (Å²) in [5.41, 5.74) is 0.779. The van der Waals surface area contributed by atoms with Gasteiger partial charge in [0.1, 0.15) is 0 Å². The first kappa shape index (κ1) is 19.8. The predicted molar refractivity (Wildman–Crippen MR) is 107 cm³/mol. The van der Waals surface area contributed by atoms with Crippen LogP contribution >= 0.6 is 0 Å². The van der Waals surface area contributed by atoms with Crippen molar-refractivity contribution in [1.29, 1.82) is 0 Å². The summed E-state index contributed by atoms with van der Waals surface area (Å²) in [5, 5.41) is 9.38. The molecule has 1 aliphatic rings. The number of hydrogen-bond donors (Lipinski definition) is 0. The van der Waals surface area contributed by atoms with Crippen LogP contribution in [0.5, 0.6) is 0 Å². The van der Waals surface area contributed by atoms with E-state index < -0.39 is 5.97 Å². The molecule has 3 heterocycles. The lowest BCUT2D eigenvalue weighted by Crippen LogP contribution is -2.39. The highest BCUT2D eigenvalue weighted by Crippen LogP contribution is 2.29. The summed E-state index contributed by atoms with van der Waals surface area (Å²) in [5.74, 6) is -0.596. The Kier molecular flexibility index (Phi) is 5.35. The fourth-order valence-electron chi connectivity index (χ4n) is 3.81. The summed E-state index contributed by atoms with van der Waals surface area (Å²) in [6.07, 6.45) is 1.37. The SMILES string of the molecule is CCn1nc(C(=O)N2CCC(c3cc(C(=O)OC)on3)CC2)c2ccccc2c1=O. The molecule has 0 radical (unpaired) electrons. The molecular formula is C21H22N4O5. The number of rotatable bonds is 4. The van der Waals surface area contributed by atoms with Gasteiger partial charge in [-0.2, -0.15) is 5.10 Å². The lowest BCUT2D eigenvalue weighted by molar-refractivity contribution is 0.0553. The Morgan fingerprint density at radius 3 is 2.57 bits per heavy atom. The Bertz CT molecular complexity index is 1160. The molecule has 1 amide bonds. The number of aromatic nitrogens is 3. The number of methoxy groups -OCH3 is 1. The monoisotopic (exact) mass is 410 g/mol. The number of likely N-dealkylation sites (tertiary alicyclic amines) is 1. The van der Waals surface area contributed by atoms with Crippen molar-refractivity contribution in [2.24, 2.45) is 0 Å². The summed E-state index contributed by atoms with van der Waals surface area (Å²) in [4.78, 5) is 39.0. The molecule has 0 spiro atoms. The second kappa shape index (κ2) is 8.10. The number of nitrogens with zero attached hydrogens (tertiary/aromatic N) is 4. The number of hydrogen-bond acceptors (Lipinski definition) is 7. The zero-order valence-corrected chi connectivity index (χ0v) is 16.8. The Hall–Kier alpha value is -3.49. The summed E-state index contributed by atoms with van der Waals surface area (Å²) >= 11 is 0. The Balaban J connectivity index is 1.54. The number of carbonyl (C=O) groups is 2. The van der Waals surface area contributed by atoms with Crippen LogP contribution in [0.1, 0.15) is 52.4 Å². The third-order valence-corrected chi connectivity index (χ3v) is 5.49. The second-order valence-corrected chi connectivity index (χ2v) is 7.19. The number of aryl methyl sites for hydroxylation is 1. The molecule has 9 nitrogen and oxygen atoms in total. The van der Waals surface area contributed by atoms with Crippen LogP contribution in [0.4, 0.5) is 0 Å². The first-order valence-electron chi connectivity index (χ1n) is 9.87. The molecule has 30 heavy (non-hydrogen) atoms. The minimum Gasteiger partial charge on any atom is -0.463 e. The molecule has 2 aromatic heterocycles. The number of ether oxygens (including phenoxy) is 1. The fraction of sp³-hybridized carbons (Fsp3) is 0.381. The highest BCUT2D eigenvalue weighted by Gasteiger charge is 2.29. The Labute approximate surface area is 172 Å². The molecule has 0 saturated carbocycles. The maximum Gasteiger partial charge on any atom is 0.376 e. The molecule has 0 N–H and O–H groups in total. The van der Waals surface area contributed by atoms with Crippen molar-refractivity contribution in [2.75, 3.05) is 20.2 Å². The van der Waals surface area contributed by atoms with Crippen LogP contribution in [-0.4, -0.2) is 51.9 Å². The number of esters is 1. The number of amides is 1. The van der Waals surface area contributed by atoms with Gasteiger partial charge >= 0.3 is 5.97 Å². The second-order valence-electron chi connectivity index (χ2n) is 7.19. The van der Waals surface area contributed by atoms with Crippen molar-refractivity contribution in [3.63, 3.8) is 0 Å². The maximum absolute atomic E-state index is 13.2. The Morgan fingerprint density at radius 1 is 1.20 bits per heavy atom. The molecule has 1 aliphatic heterocycles. The van der Waals surface area contributed by atoms with Crippen molar-refractivity contribution >= 4 is 22.6 Å². The van der Waals surface area contributed by atoms with Gasteiger partial charge < -0.3 is 14.2 Å². The van der Waals surface area contributed by atoms with Gasteiger partial charge in [0.15, 0.2) is 5.69 Å². The molecule has 1 fully saturated rings. The molecule has 156 valence electrons. The third-order valence-electron chi connectivity index (χ3n) is 5.49. The molecule has 0 bridgehead atoms. The molecule has 0 aliphatic carbocycles. The van der Waals surface area contributed by atoms with E-state index in [0.29, 0.717) is 54.6 Å². The van der Waals surface area contributed by atoms with E-state index >= 15 is 0 Å². The number of fused-ring (bicyclic) bond motifs is 1. The van der Waals surface area contributed by atoms with Gasteiger partial charge in [-0.05, 0) is 25.8 Å². The average molecular weight is 410 g/mol. The molecule has 1 aromatic carbocycles. The summed E-state index contributed by atoms with van der Waals surface area (Å²) in [6, 6.07) is 8.65. The van der Waals surface area contributed by atoms with E-state index in [2.05, 4.69) is 15.0 Å². The van der Waals surface area contributed by atoms with Crippen LogP contribution in [0.3, 0.4) is 0 Å². The lowest BCUT2D eigenvalue weighted by Gasteiger charge is -2.31. The van der Waals surface area contributed by atoms with E-state index in [4.69, 9.17) is 4.52 Å². The van der Waals surface area contributed by atoms with Crippen molar-refractivity contribution < 1.29 is 18.8 Å². The molecular weight excluding hydrogens is 388 g/mol. The predicted octanol–water partition coefficient (Wildman–Crippen LogP) is 2.21. The summed E-state index contributed by atoms with van der Waals surface area (Å²) in [6.45, 7) is 3.25. The molecule has 9 heteroatoms. The summed E-state index contributed by atoms with van der Waals surface area (Å²) < 4.78 is 11.0. The zero-order chi connectivity index (χ0) is 21.3. The Morgan fingerprint density at radius 2 is 1.90 bits per heavy atom. The van der Waals surface area contributed by atoms with Gasteiger partial charge in [0.25, 0.3) is 11.5 Å². The van der Waals surface area contributed by atoms with E-state index in [1.54, 1.807) is 35.2 Å². The third kappa shape index (κ3) is 3.47. The first-order valence-corrected chi connectivity index (χ1v) is 9.87. The van der Waals surface area contributed by atoms with Gasteiger partial charge in [0.05, 0.1) is 18.2 Å². The van der Waals surface area contributed by atoms with Crippen molar-refractivity contribution in [2.45, 2.75) is 32.2 Å². The van der Waals surface area contributed by atoms with E-state index in [1.165, 1.54) is 11.8 Å². The standard InChI is InChI=1S/C21H22N4O5/c1-3-25-19(26)15-7-5-4-6-14(15)18(22-25)20(27)24-10-8-13(9-11-24)16-12-17(30-23-16)21(28)29-2/h4-7,12-13H,3,8-11H2,1-2H3. The topological polar surface area (TPSA) is 108 Å². The number of benzene rings is 1. The normalized spacial score (nSPS) is 14.8. The van der Waals surface area contributed by atoms with Gasteiger partial charge in [-0.15, -0.1) is 0 Å². The number of piperidine rings is 1. The van der Waals surface area contributed by atoms with Crippen molar-refractivity contribution in [1.82, 2.24) is 19.8 Å². The van der Waals surface area contributed by atoms with Gasteiger partial charge in [0.2, 0.25) is 5.76 Å². The van der Waals surface area contributed by atoms with E-state index in [1.807, 2.05) is 6.92 Å². The first-order chi connectivity index (χ1) is 14.5. The largest absolute Gasteiger partial charge is 0.463 e. The van der Waals surface area contributed by atoms with Crippen molar-refractivity contribution in [3.05, 3.63) is 57.8 Å². The van der Waals surface area contributed by atoms with Crippen LogP contribution in [0.25, 0.3) is 10.8 Å². The van der Waals surface area contributed by atoms with Gasteiger partial charge in [-0.1, -0.05) is 23.4 Å². The highest BCUT2D eigenvalue weighted by molar-refractivity contribution is 6.04. The molecule has 3 aromatic rings. The van der Waals surface area contributed by atoms with Crippen LogP contribution in [0, 0.1) is 0 Å². The molecule has 4 rings (SSSR count). The molecule has 1 saturated heterocycles. The van der Waals surface area contributed by atoms with Crippen molar-refractivity contribution in [3.8, 4) is 0 Å². The smallest absolute Gasteiger partial charge is 0.376 e. The minimum absolute atomic E-state index is 0.0727. The fourth-order valence-corrected chi connectivity index (χ4v) is 3.81. The minimum atomic E-state index is -0.564. The van der Waals surface area contributed by atoms with E-state index in [9.17, 15) is 14.4 Å². The highest BCUT2D eigenvalue weighted by atomic mass is 16.5. The van der Waals surface area contributed by atoms with E-state index in [0.717, 1.165) is 0 Å². The van der Waals surface area contributed by atoms with Crippen LogP contribution in [0.15, 0.2) is 39.6 Å². The molecule has 0 atom stereocenters. The van der Waals surface area contributed by atoms with Gasteiger partial charge in [-0.25, -0.2) is 9.48 Å². The quantitative estimate of drug-likeness (QED) is 0.607. The van der Waals surface area contributed by atoms with Crippen LogP contribution < -0.4 is 5.56 Å². The average Bonchev–Trinajstić information content (AvgIpc) is 3.29. The van der Waals surface area contributed by atoms with Gasteiger partial charge in [0, 0.05) is 37.0 Å². The van der Waals surface area contributed by atoms with Gasteiger partial charge in [-0.3, -0.25) is 9.59 Å². The number of carbonyl (C=O) groups excluding carboxylic acids is 2. The summed E-state index contributed by atoms with van der Waals surface area (Å²) in [7, 11) is 1.29. The van der Waals surface area contributed by atoms with Crippen LogP contribution in [-0.2, 0) is 11.3 Å². The zero-order valence-electron chi connectivity index (χ0n) is 16.8.